The fourth-order valence-electron chi connectivity index (χ4n) is 2.90. The normalized spacial score (nSPS) is 16.4. The van der Waals surface area contributed by atoms with Gasteiger partial charge in [0.2, 0.25) is 5.91 Å². The third-order valence-corrected chi connectivity index (χ3v) is 3.96. The zero-order valence-electron chi connectivity index (χ0n) is 11.5. The van der Waals surface area contributed by atoms with Gasteiger partial charge >= 0.3 is 0 Å². The molecule has 106 valence electrons. The van der Waals surface area contributed by atoms with Gasteiger partial charge in [0.15, 0.2) is 0 Å². The standard InChI is InChI=1S/C15H20N4O/c16-10-6-7-13-12(8-10)14(19-18-13)9-15(20)17-11-4-2-1-3-5-11/h6-8,11H,1-5,9,16H2,(H,17,20)(H,18,19). The highest BCUT2D eigenvalue weighted by molar-refractivity contribution is 5.89. The summed E-state index contributed by atoms with van der Waals surface area (Å²) >= 11 is 0. The number of H-pyrrole nitrogens is 1. The lowest BCUT2D eigenvalue weighted by Gasteiger charge is -2.22. The first-order chi connectivity index (χ1) is 9.72. The Bertz CT molecular complexity index is 613. The van der Waals surface area contributed by atoms with Gasteiger partial charge in [-0.1, -0.05) is 19.3 Å². The molecule has 0 unspecified atom stereocenters. The lowest BCUT2D eigenvalue weighted by molar-refractivity contribution is -0.121. The van der Waals surface area contributed by atoms with E-state index in [9.17, 15) is 4.79 Å². The summed E-state index contributed by atoms with van der Waals surface area (Å²) < 4.78 is 0. The molecule has 3 rings (SSSR count). The molecule has 1 fully saturated rings. The van der Waals surface area contributed by atoms with Crippen molar-refractivity contribution in [2.24, 2.45) is 0 Å². The molecule has 1 aliphatic rings. The van der Waals surface area contributed by atoms with E-state index in [2.05, 4.69) is 15.5 Å². The number of nitrogen functional groups attached to an aromatic ring is 1. The summed E-state index contributed by atoms with van der Waals surface area (Å²) in [6, 6.07) is 5.89. The van der Waals surface area contributed by atoms with Crippen LogP contribution < -0.4 is 11.1 Å². The molecule has 4 N–H and O–H groups in total. The van der Waals surface area contributed by atoms with Crippen molar-refractivity contribution in [2.45, 2.75) is 44.6 Å². The Labute approximate surface area is 117 Å². The number of nitrogens with two attached hydrogens (primary N) is 1. The van der Waals surface area contributed by atoms with Gasteiger partial charge in [-0.3, -0.25) is 9.89 Å². The van der Waals surface area contributed by atoms with Gasteiger partial charge in [0, 0.05) is 17.1 Å². The van der Waals surface area contributed by atoms with Crippen LogP contribution in [0, 0.1) is 0 Å². The van der Waals surface area contributed by atoms with Crippen molar-refractivity contribution in [1.29, 1.82) is 0 Å². The quantitative estimate of drug-likeness (QED) is 0.748. The molecular formula is C15H20N4O. The predicted molar refractivity (Wildman–Crippen MR) is 79.2 cm³/mol. The van der Waals surface area contributed by atoms with E-state index in [-0.39, 0.29) is 5.91 Å². The van der Waals surface area contributed by atoms with Crippen molar-refractivity contribution >= 4 is 22.5 Å². The number of aromatic amines is 1. The number of nitrogens with one attached hydrogen (secondary N) is 2. The van der Waals surface area contributed by atoms with Gasteiger partial charge in [0.25, 0.3) is 0 Å². The third kappa shape index (κ3) is 2.76. The number of benzene rings is 1. The maximum Gasteiger partial charge on any atom is 0.226 e. The van der Waals surface area contributed by atoms with Crippen LogP contribution in [0.1, 0.15) is 37.8 Å². The monoisotopic (exact) mass is 272 g/mol. The molecule has 1 amide bonds. The highest BCUT2D eigenvalue weighted by Crippen LogP contribution is 2.20. The van der Waals surface area contributed by atoms with E-state index in [0.29, 0.717) is 18.2 Å². The summed E-state index contributed by atoms with van der Waals surface area (Å²) in [7, 11) is 0. The number of anilines is 1. The molecule has 0 saturated heterocycles. The zero-order chi connectivity index (χ0) is 13.9. The third-order valence-electron chi connectivity index (χ3n) is 3.96. The molecule has 5 heteroatoms. The fourth-order valence-corrected chi connectivity index (χ4v) is 2.90. The Morgan fingerprint density at radius 2 is 2.15 bits per heavy atom. The molecular weight excluding hydrogens is 252 g/mol. The first-order valence-corrected chi connectivity index (χ1v) is 7.24. The molecule has 1 aromatic heterocycles. The number of carbonyl (C=O) groups excluding carboxylic acids is 1. The first kappa shape index (κ1) is 13.0. The van der Waals surface area contributed by atoms with Crippen LogP contribution in [0.3, 0.4) is 0 Å². The SMILES string of the molecule is Nc1ccc2n[nH]c(CC(=O)NC3CCCCC3)c2c1. The van der Waals surface area contributed by atoms with Crippen LogP contribution in [-0.4, -0.2) is 22.1 Å². The molecule has 0 aliphatic heterocycles. The Balaban J connectivity index is 1.69. The first-order valence-electron chi connectivity index (χ1n) is 7.24. The molecule has 0 atom stereocenters. The van der Waals surface area contributed by atoms with Crippen LogP contribution in [0.4, 0.5) is 5.69 Å². The second-order valence-corrected chi connectivity index (χ2v) is 5.56. The van der Waals surface area contributed by atoms with Crippen LogP contribution in [0.15, 0.2) is 18.2 Å². The molecule has 5 nitrogen and oxygen atoms in total. The predicted octanol–water partition coefficient (Wildman–Crippen LogP) is 2.14. The van der Waals surface area contributed by atoms with E-state index in [1.807, 2.05) is 18.2 Å². The van der Waals surface area contributed by atoms with Crippen molar-refractivity contribution in [2.75, 3.05) is 5.73 Å². The maximum atomic E-state index is 12.1. The van der Waals surface area contributed by atoms with Crippen molar-refractivity contribution in [3.63, 3.8) is 0 Å². The lowest BCUT2D eigenvalue weighted by Crippen LogP contribution is -2.37. The average molecular weight is 272 g/mol. The Kier molecular flexibility index (Phi) is 3.58. The van der Waals surface area contributed by atoms with Crippen molar-refractivity contribution < 1.29 is 4.79 Å². The highest BCUT2D eigenvalue weighted by atomic mass is 16.1. The maximum absolute atomic E-state index is 12.1. The van der Waals surface area contributed by atoms with E-state index < -0.39 is 0 Å². The zero-order valence-corrected chi connectivity index (χ0v) is 11.5. The molecule has 20 heavy (non-hydrogen) atoms. The fraction of sp³-hybridized carbons (Fsp3) is 0.467. The summed E-state index contributed by atoms with van der Waals surface area (Å²) in [6.07, 6.45) is 6.25. The summed E-state index contributed by atoms with van der Waals surface area (Å²) in [5.74, 6) is 0.0601. The van der Waals surface area contributed by atoms with Gasteiger partial charge in [-0.15, -0.1) is 0 Å². The molecule has 1 heterocycles. The molecule has 0 bridgehead atoms. The van der Waals surface area contributed by atoms with Gasteiger partial charge in [-0.2, -0.15) is 5.10 Å². The van der Waals surface area contributed by atoms with Gasteiger partial charge in [-0.05, 0) is 31.0 Å². The molecule has 2 aromatic rings. The number of fused-ring (bicyclic) bond motifs is 1. The largest absolute Gasteiger partial charge is 0.399 e. The topological polar surface area (TPSA) is 83.8 Å². The van der Waals surface area contributed by atoms with Crippen LogP contribution >= 0.6 is 0 Å². The minimum absolute atomic E-state index is 0.0601. The average Bonchev–Trinajstić information content (AvgIpc) is 2.82. The molecule has 0 radical (unpaired) electrons. The molecule has 1 aliphatic carbocycles. The number of aromatic nitrogens is 2. The van der Waals surface area contributed by atoms with E-state index in [1.165, 1.54) is 19.3 Å². The van der Waals surface area contributed by atoms with Gasteiger partial charge in [0.1, 0.15) is 0 Å². The van der Waals surface area contributed by atoms with E-state index in [0.717, 1.165) is 29.4 Å². The van der Waals surface area contributed by atoms with Crippen LogP contribution in [-0.2, 0) is 11.2 Å². The van der Waals surface area contributed by atoms with Crippen LogP contribution in [0.25, 0.3) is 10.9 Å². The van der Waals surface area contributed by atoms with Crippen LogP contribution in [0.2, 0.25) is 0 Å². The summed E-state index contributed by atoms with van der Waals surface area (Å²) in [5, 5.41) is 11.2. The van der Waals surface area contributed by atoms with Crippen molar-refractivity contribution in [3.8, 4) is 0 Å². The van der Waals surface area contributed by atoms with Crippen molar-refractivity contribution in [3.05, 3.63) is 23.9 Å². The van der Waals surface area contributed by atoms with Gasteiger partial charge in [-0.25, -0.2) is 0 Å². The van der Waals surface area contributed by atoms with Gasteiger partial charge < -0.3 is 11.1 Å². The summed E-state index contributed by atoms with van der Waals surface area (Å²) in [5.41, 5.74) is 8.16. The highest BCUT2D eigenvalue weighted by Gasteiger charge is 2.17. The number of carbonyl (C=O) groups is 1. The molecule has 1 aromatic carbocycles. The van der Waals surface area contributed by atoms with E-state index in [4.69, 9.17) is 5.73 Å². The lowest BCUT2D eigenvalue weighted by atomic mass is 9.95. The summed E-state index contributed by atoms with van der Waals surface area (Å²) in [4.78, 5) is 12.1. The second-order valence-electron chi connectivity index (χ2n) is 5.56. The minimum atomic E-state index is 0.0601. The number of rotatable bonds is 3. The van der Waals surface area contributed by atoms with E-state index >= 15 is 0 Å². The summed E-state index contributed by atoms with van der Waals surface area (Å²) in [6.45, 7) is 0. The molecule has 0 spiro atoms. The number of amides is 1. The van der Waals surface area contributed by atoms with Crippen LogP contribution in [0.5, 0.6) is 0 Å². The Morgan fingerprint density at radius 1 is 1.35 bits per heavy atom. The Hall–Kier alpha value is -2.04. The van der Waals surface area contributed by atoms with Crippen molar-refractivity contribution in [1.82, 2.24) is 15.5 Å². The second kappa shape index (κ2) is 5.53. The minimum Gasteiger partial charge on any atom is -0.399 e. The Morgan fingerprint density at radius 3 is 2.95 bits per heavy atom. The molecule has 1 saturated carbocycles. The smallest absolute Gasteiger partial charge is 0.226 e. The van der Waals surface area contributed by atoms with Gasteiger partial charge in [0.05, 0.1) is 17.6 Å². The number of hydrogen-bond acceptors (Lipinski definition) is 3. The van der Waals surface area contributed by atoms with E-state index in [1.54, 1.807) is 0 Å². The number of hydrogen-bond donors (Lipinski definition) is 3. The number of nitrogens with zero attached hydrogens (tertiary/aromatic N) is 1.